The van der Waals surface area contributed by atoms with Crippen molar-refractivity contribution in [2.75, 3.05) is 0 Å². The molecular weight excluding hydrogens is 701 g/mol. The highest BCUT2D eigenvalue weighted by Gasteiger charge is 2.17. The van der Waals surface area contributed by atoms with Gasteiger partial charge >= 0.3 is 0 Å². The van der Waals surface area contributed by atoms with Gasteiger partial charge in [-0.1, -0.05) is 159 Å². The van der Waals surface area contributed by atoms with Crippen LogP contribution in [0.5, 0.6) is 0 Å². The molecule has 0 atom stereocenters. The van der Waals surface area contributed by atoms with Crippen molar-refractivity contribution in [3.63, 3.8) is 0 Å². The van der Waals surface area contributed by atoms with Crippen LogP contribution in [0, 0.1) is 0 Å². The van der Waals surface area contributed by atoms with Crippen LogP contribution in [0.15, 0.2) is 206 Å². The highest BCUT2D eigenvalue weighted by Crippen LogP contribution is 2.40. The predicted octanol–water partition coefficient (Wildman–Crippen LogP) is 16.0. The summed E-state index contributed by atoms with van der Waals surface area (Å²) in [5, 5.41) is 5.01. The molecule has 0 saturated carbocycles. The zero-order valence-corrected chi connectivity index (χ0v) is 33.6. The molecule has 0 fully saturated rings. The maximum atomic E-state index is 2.44. The second-order valence-electron chi connectivity index (χ2n) is 15.2. The van der Waals surface area contributed by atoms with Crippen molar-refractivity contribution >= 4 is 49.3 Å². The molecule has 0 aliphatic rings. The first-order valence-electron chi connectivity index (χ1n) is 20.6. The van der Waals surface area contributed by atoms with E-state index in [-0.39, 0.29) is 0 Å². The van der Waals surface area contributed by atoms with E-state index in [2.05, 4.69) is 230 Å². The smallest absolute Gasteiger partial charge is 0.0541 e. The first kappa shape index (κ1) is 36.7. The average molecular weight is 749 g/mol. The van der Waals surface area contributed by atoms with Crippen molar-refractivity contribution in [2.45, 2.75) is 40.0 Å². The van der Waals surface area contributed by atoms with E-state index in [0.717, 1.165) is 24.9 Å². The molecular formula is C56H48N2. The summed E-state index contributed by atoms with van der Waals surface area (Å²) in [6.45, 7) is 6.59. The minimum absolute atomic E-state index is 0.890. The number of allylic oxidation sites excluding steroid dienone is 8. The van der Waals surface area contributed by atoms with Crippen LogP contribution in [-0.4, -0.2) is 9.13 Å². The molecule has 282 valence electrons. The summed E-state index contributed by atoms with van der Waals surface area (Å²) >= 11 is 0. The van der Waals surface area contributed by atoms with E-state index in [4.69, 9.17) is 0 Å². The quantitative estimate of drug-likeness (QED) is 0.117. The first-order chi connectivity index (χ1) is 28.6. The van der Waals surface area contributed by atoms with Gasteiger partial charge in [-0.2, -0.15) is 0 Å². The van der Waals surface area contributed by atoms with E-state index < -0.39 is 0 Å². The van der Waals surface area contributed by atoms with Crippen molar-refractivity contribution in [1.82, 2.24) is 9.13 Å². The molecule has 0 spiro atoms. The average Bonchev–Trinajstić information content (AvgIpc) is 3.79. The van der Waals surface area contributed by atoms with Crippen LogP contribution in [0.4, 0.5) is 0 Å². The van der Waals surface area contributed by atoms with Crippen molar-refractivity contribution < 1.29 is 0 Å². The third kappa shape index (κ3) is 7.03. The fraction of sp³-hybridized carbons (Fsp3) is 0.107. The molecule has 2 heterocycles. The van der Waals surface area contributed by atoms with Crippen molar-refractivity contribution in [3.05, 3.63) is 206 Å². The topological polar surface area (TPSA) is 9.86 Å². The fourth-order valence-electron chi connectivity index (χ4n) is 8.37. The monoisotopic (exact) mass is 748 g/mol. The summed E-state index contributed by atoms with van der Waals surface area (Å²) < 4.78 is 4.89. The molecule has 58 heavy (non-hydrogen) atoms. The first-order valence-corrected chi connectivity index (χ1v) is 20.6. The molecule has 0 unspecified atom stereocenters. The summed E-state index contributed by atoms with van der Waals surface area (Å²) in [6, 6.07) is 60.1. The number of hydrogen-bond donors (Lipinski definition) is 0. The Labute approximate surface area is 342 Å². The molecule has 9 rings (SSSR count). The summed E-state index contributed by atoms with van der Waals surface area (Å²) in [5.74, 6) is 0. The Morgan fingerprint density at radius 2 is 0.983 bits per heavy atom. The molecule has 9 aromatic rings. The number of rotatable bonds is 11. The van der Waals surface area contributed by atoms with Gasteiger partial charge in [-0.15, -0.1) is 0 Å². The Morgan fingerprint density at radius 1 is 0.466 bits per heavy atom. The Kier molecular flexibility index (Phi) is 10.3. The van der Waals surface area contributed by atoms with Crippen LogP contribution >= 0.6 is 0 Å². The van der Waals surface area contributed by atoms with Gasteiger partial charge in [-0.05, 0) is 120 Å². The Balaban J connectivity index is 1.19. The third-order valence-corrected chi connectivity index (χ3v) is 11.2. The second kappa shape index (κ2) is 16.3. The Hall–Kier alpha value is -6.90. The van der Waals surface area contributed by atoms with Gasteiger partial charge < -0.3 is 9.13 Å². The Bertz CT molecular complexity index is 2980. The number of fused-ring (bicyclic) bond motifs is 6. The normalized spacial score (nSPS) is 12.7. The largest absolute Gasteiger partial charge is 0.310 e. The van der Waals surface area contributed by atoms with Gasteiger partial charge in [-0.25, -0.2) is 0 Å². The van der Waals surface area contributed by atoms with E-state index >= 15 is 0 Å². The molecule has 0 bridgehead atoms. The van der Waals surface area contributed by atoms with Crippen LogP contribution in [0.1, 0.15) is 40.0 Å². The van der Waals surface area contributed by atoms with E-state index in [0.29, 0.717) is 0 Å². The fourth-order valence-corrected chi connectivity index (χ4v) is 8.37. The van der Waals surface area contributed by atoms with Crippen LogP contribution in [0.3, 0.4) is 0 Å². The molecule has 2 nitrogen and oxygen atoms in total. The van der Waals surface area contributed by atoms with E-state index in [9.17, 15) is 0 Å². The molecule has 0 N–H and O–H groups in total. The highest BCUT2D eigenvalue weighted by molar-refractivity contribution is 6.13. The number of nitrogens with zero attached hydrogens (tertiary/aromatic N) is 2. The lowest BCUT2D eigenvalue weighted by molar-refractivity contribution is 1.15. The summed E-state index contributed by atoms with van der Waals surface area (Å²) in [5.41, 5.74) is 15.8. The number of benzene rings is 7. The molecule has 0 saturated heterocycles. The summed E-state index contributed by atoms with van der Waals surface area (Å²) in [6.07, 6.45) is 16.5. The molecule has 0 aliphatic carbocycles. The zero-order valence-electron chi connectivity index (χ0n) is 33.6. The molecule has 7 aromatic carbocycles. The standard InChI is InChI=1S/C56H48N2/c1-4-6-10-19-40(3)29-32-47(24-7-5-2)57-53-27-17-15-25-49(53)51-38-43(30-33-55(51)57)44-31-34-56-52(39-44)50-26-16-18-28-54(50)58(56)48-36-45(41-20-11-8-12-21-41)35-46(37-48)42-22-13-9-14-23-42/h6-28,30-39H,4-5,29H2,1-3H3/b10-6-,24-7-,40-19+,47-32+. The van der Waals surface area contributed by atoms with E-state index in [1.165, 1.54) is 88.3 Å². The molecule has 2 aromatic heterocycles. The second-order valence-corrected chi connectivity index (χ2v) is 15.2. The van der Waals surface area contributed by atoms with Gasteiger partial charge in [0.1, 0.15) is 0 Å². The lowest BCUT2D eigenvalue weighted by atomic mass is 9.98. The maximum Gasteiger partial charge on any atom is 0.0541 e. The van der Waals surface area contributed by atoms with Gasteiger partial charge in [0.05, 0.1) is 22.1 Å². The lowest BCUT2D eigenvalue weighted by Crippen LogP contribution is -1.96. The van der Waals surface area contributed by atoms with Crippen molar-refractivity contribution in [1.29, 1.82) is 0 Å². The molecule has 0 radical (unpaired) electrons. The van der Waals surface area contributed by atoms with Crippen LogP contribution in [0.2, 0.25) is 0 Å². The van der Waals surface area contributed by atoms with Crippen LogP contribution in [-0.2, 0) is 0 Å². The number of aromatic nitrogens is 2. The maximum absolute atomic E-state index is 2.44. The van der Waals surface area contributed by atoms with E-state index in [1.807, 2.05) is 0 Å². The van der Waals surface area contributed by atoms with Gasteiger partial charge in [0.2, 0.25) is 0 Å². The number of para-hydroxylation sites is 2. The molecule has 0 amide bonds. The van der Waals surface area contributed by atoms with Crippen LogP contribution < -0.4 is 0 Å². The SMILES string of the molecule is CC/C=C\C=C(/C)C/C=C(\C=C/CC)n1c2ccccc2c2cc(-c3ccc4c(c3)c3ccccc3n4-c3cc(-c4ccccc4)cc(-c4ccccc4)c3)ccc21. The van der Waals surface area contributed by atoms with Gasteiger partial charge in [-0.3, -0.25) is 0 Å². The van der Waals surface area contributed by atoms with E-state index in [1.54, 1.807) is 0 Å². The van der Waals surface area contributed by atoms with Gasteiger partial charge in [0.25, 0.3) is 0 Å². The third-order valence-electron chi connectivity index (χ3n) is 11.2. The highest BCUT2D eigenvalue weighted by atomic mass is 15.0. The Morgan fingerprint density at radius 3 is 1.62 bits per heavy atom. The van der Waals surface area contributed by atoms with Gasteiger partial charge in [0.15, 0.2) is 0 Å². The molecule has 0 aliphatic heterocycles. The van der Waals surface area contributed by atoms with Crippen molar-refractivity contribution in [2.24, 2.45) is 0 Å². The zero-order chi connectivity index (χ0) is 39.4. The predicted molar refractivity (Wildman–Crippen MR) is 252 cm³/mol. The van der Waals surface area contributed by atoms with Crippen molar-refractivity contribution in [3.8, 4) is 39.1 Å². The summed E-state index contributed by atoms with van der Waals surface area (Å²) in [4.78, 5) is 0. The summed E-state index contributed by atoms with van der Waals surface area (Å²) in [7, 11) is 0. The van der Waals surface area contributed by atoms with Crippen LogP contribution in [0.25, 0.3) is 88.4 Å². The minimum Gasteiger partial charge on any atom is -0.310 e. The van der Waals surface area contributed by atoms with Gasteiger partial charge in [0, 0.05) is 32.9 Å². The number of hydrogen-bond acceptors (Lipinski definition) is 0. The minimum atomic E-state index is 0.890. The lowest BCUT2D eigenvalue weighted by Gasteiger charge is -2.14. The molecule has 2 heteroatoms.